The summed E-state index contributed by atoms with van der Waals surface area (Å²) >= 11 is 0. The molecule has 12 rings (SSSR count). The van der Waals surface area contributed by atoms with Gasteiger partial charge in [0.05, 0.1) is 11.0 Å². The van der Waals surface area contributed by atoms with E-state index in [9.17, 15) is 0 Å². The molecule has 0 fully saturated rings. The zero-order valence-corrected chi connectivity index (χ0v) is 30.7. The van der Waals surface area contributed by atoms with Crippen molar-refractivity contribution in [1.82, 2.24) is 19.5 Å². The highest BCUT2D eigenvalue weighted by molar-refractivity contribution is 6.11. The third-order valence-corrected chi connectivity index (χ3v) is 11.5. The molecule has 0 saturated carbocycles. The van der Waals surface area contributed by atoms with E-state index in [1.54, 1.807) is 0 Å². The molecular weight excluding hydrogens is 697 g/mol. The van der Waals surface area contributed by atoms with Gasteiger partial charge in [-0.2, -0.15) is 0 Å². The number of para-hydroxylation sites is 2. The Morgan fingerprint density at radius 1 is 0.368 bits per heavy atom. The number of benzene rings is 8. The van der Waals surface area contributed by atoms with E-state index in [1.165, 1.54) is 54.9 Å². The van der Waals surface area contributed by atoms with Crippen molar-refractivity contribution in [2.75, 3.05) is 0 Å². The topological polar surface area (TPSA) is 56.7 Å². The van der Waals surface area contributed by atoms with Crippen LogP contribution in [0.4, 0.5) is 0 Å². The van der Waals surface area contributed by atoms with Crippen molar-refractivity contribution in [3.8, 4) is 62.1 Å². The first-order chi connectivity index (χ1) is 28.2. The van der Waals surface area contributed by atoms with E-state index in [0.29, 0.717) is 17.5 Å². The summed E-state index contributed by atoms with van der Waals surface area (Å²) in [4.78, 5) is 14.8. The summed E-state index contributed by atoms with van der Waals surface area (Å²) in [5.74, 6) is 1.94. The molecule has 8 aromatic carbocycles. The molecule has 266 valence electrons. The molecule has 3 aromatic heterocycles. The average molecular weight is 729 g/mol. The molecule has 0 aliphatic heterocycles. The second-order valence-electron chi connectivity index (χ2n) is 14.8. The first-order valence-corrected chi connectivity index (χ1v) is 19.3. The maximum Gasteiger partial charge on any atom is 0.164 e. The molecule has 0 bridgehead atoms. The monoisotopic (exact) mass is 728 g/mol. The minimum Gasteiger partial charge on any atom is -0.456 e. The van der Waals surface area contributed by atoms with Gasteiger partial charge in [0.1, 0.15) is 11.2 Å². The molecule has 3 heterocycles. The maximum atomic E-state index is 6.30. The number of nitrogens with zero attached hydrogens (tertiary/aromatic N) is 4. The van der Waals surface area contributed by atoms with Crippen LogP contribution >= 0.6 is 0 Å². The Labute approximate surface area is 328 Å². The SMILES string of the molecule is c1ccc(-c2nc(-c3ccccc3)nc(-c3ccc(-n4c5ccccc5c5cc(-c6ccc7c(c6)-c6cc8oc9ccccc9c8cc6C7)ccc54)cc3)n2)cc1. The number of aromatic nitrogens is 4. The van der Waals surface area contributed by atoms with Gasteiger partial charge in [0.2, 0.25) is 0 Å². The van der Waals surface area contributed by atoms with Crippen LogP contribution in [0.3, 0.4) is 0 Å². The first kappa shape index (κ1) is 31.7. The van der Waals surface area contributed by atoms with Crippen LogP contribution < -0.4 is 0 Å². The van der Waals surface area contributed by atoms with Gasteiger partial charge in [0, 0.05) is 43.9 Å². The molecule has 0 spiro atoms. The van der Waals surface area contributed by atoms with Crippen molar-refractivity contribution in [2.24, 2.45) is 0 Å². The summed E-state index contributed by atoms with van der Waals surface area (Å²) in [6.07, 6.45) is 0.932. The van der Waals surface area contributed by atoms with Crippen molar-refractivity contribution >= 4 is 43.7 Å². The van der Waals surface area contributed by atoms with Crippen molar-refractivity contribution in [1.29, 1.82) is 0 Å². The van der Waals surface area contributed by atoms with Gasteiger partial charge in [-0.25, -0.2) is 15.0 Å². The smallest absolute Gasteiger partial charge is 0.164 e. The van der Waals surface area contributed by atoms with Crippen LogP contribution in [0.1, 0.15) is 11.1 Å². The first-order valence-electron chi connectivity index (χ1n) is 19.3. The van der Waals surface area contributed by atoms with E-state index in [1.807, 2.05) is 66.7 Å². The van der Waals surface area contributed by atoms with Crippen molar-refractivity contribution in [3.63, 3.8) is 0 Å². The van der Waals surface area contributed by atoms with Gasteiger partial charge < -0.3 is 8.98 Å². The molecule has 0 atom stereocenters. The predicted octanol–water partition coefficient (Wildman–Crippen LogP) is 13.1. The van der Waals surface area contributed by atoms with Gasteiger partial charge in [-0.3, -0.25) is 0 Å². The quantitative estimate of drug-likeness (QED) is 0.177. The Morgan fingerprint density at radius 2 is 0.930 bits per heavy atom. The van der Waals surface area contributed by atoms with Crippen LogP contribution in [0.2, 0.25) is 0 Å². The van der Waals surface area contributed by atoms with Crippen LogP contribution in [0.25, 0.3) is 106 Å². The summed E-state index contributed by atoms with van der Waals surface area (Å²) in [5, 5.41) is 4.80. The molecule has 5 nitrogen and oxygen atoms in total. The lowest BCUT2D eigenvalue weighted by molar-refractivity contribution is 0.669. The molecule has 57 heavy (non-hydrogen) atoms. The number of hydrogen-bond acceptors (Lipinski definition) is 4. The summed E-state index contributed by atoms with van der Waals surface area (Å²) in [7, 11) is 0. The standard InChI is InChI=1S/C52H32N4O/c1-3-11-32(12-4-1)50-53-51(33-13-5-2-6-14-33)55-52(54-50)34-21-24-39(25-22-34)56-46-17-9-7-15-40(46)44-29-36(23-26-47(44)56)35-19-20-37-27-38-30-45-41-16-8-10-18-48(41)57-49(45)31-43(38)42(37)28-35/h1-26,28-31H,27H2. The molecule has 1 aliphatic carbocycles. The van der Waals surface area contributed by atoms with Gasteiger partial charge in [0.15, 0.2) is 17.5 Å². The van der Waals surface area contributed by atoms with Crippen LogP contribution in [-0.2, 0) is 6.42 Å². The molecule has 1 aliphatic rings. The highest BCUT2D eigenvalue weighted by atomic mass is 16.3. The average Bonchev–Trinajstić information content (AvgIpc) is 3.94. The van der Waals surface area contributed by atoms with Crippen LogP contribution in [0.15, 0.2) is 186 Å². The van der Waals surface area contributed by atoms with Gasteiger partial charge in [0.25, 0.3) is 0 Å². The summed E-state index contributed by atoms with van der Waals surface area (Å²) in [6, 6.07) is 64.1. The lowest BCUT2D eigenvalue weighted by Crippen LogP contribution is -2.00. The summed E-state index contributed by atoms with van der Waals surface area (Å²) in [5.41, 5.74) is 15.8. The van der Waals surface area contributed by atoms with Crippen molar-refractivity contribution in [2.45, 2.75) is 6.42 Å². The van der Waals surface area contributed by atoms with E-state index in [0.717, 1.165) is 51.0 Å². The third kappa shape index (κ3) is 5.13. The zero-order valence-electron chi connectivity index (χ0n) is 30.7. The normalized spacial score (nSPS) is 12.1. The Morgan fingerprint density at radius 3 is 1.67 bits per heavy atom. The van der Waals surface area contributed by atoms with Gasteiger partial charge >= 0.3 is 0 Å². The summed E-state index contributed by atoms with van der Waals surface area (Å²) in [6.45, 7) is 0. The fourth-order valence-corrected chi connectivity index (χ4v) is 8.71. The Bertz CT molecular complexity index is 3300. The zero-order chi connectivity index (χ0) is 37.5. The van der Waals surface area contributed by atoms with Gasteiger partial charge in [-0.15, -0.1) is 0 Å². The fraction of sp³-hybridized carbons (Fsp3) is 0.0192. The molecule has 0 N–H and O–H groups in total. The molecule has 0 amide bonds. The molecular formula is C52H32N4O. The number of furan rings is 1. The van der Waals surface area contributed by atoms with Crippen LogP contribution in [0.5, 0.6) is 0 Å². The van der Waals surface area contributed by atoms with E-state index in [2.05, 4.69) is 120 Å². The Hall–Kier alpha value is -7.63. The molecule has 0 unspecified atom stereocenters. The highest BCUT2D eigenvalue weighted by Crippen LogP contribution is 2.44. The van der Waals surface area contributed by atoms with E-state index >= 15 is 0 Å². The molecule has 0 saturated heterocycles. The predicted molar refractivity (Wildman–Crippen MR) is 231 cm³/mol. The van der Waals surface area contributed by atoms with Gasteiger partial charge in [-0.1, -0.05) is 115 Å². The molecule has 5 heteroatoms. The van der Waals surface area contributed by atoms with E-state index < -0.39 is 0 Å². The second kappa shape index (κ2) is 12.4. The minimum absolute atomic E-state index is 0.639. The van der Waals surface area contributed by atoms with Crippen molar-refractivity contribution in [3.05, 3.63) is 193 Å². The van der Waals surface area contributed by atoms with Crippen molar-refractivity contribution < 1.29 is 4.42 Å². The fourth-order valence-electron chi connectivity index (χ4n) is 8.71. The molecule has 11 aromatic rings. The number of fused-ring (bicyclic) bond motifs is 9. The second-order valence-corrected chi connectivity index (χ2v) is 14.8. The Balaban J connectivity index is 0.931. The van der Waals surface area contributed by atoms with E-state index in [-0.39, 0.29) is 0 Å². The Kier molecular flexibility index (Phi) is 6.92. The minimum atomic E-state index is 0.639. The summed E-state index contributed by atoms with van der Waals surface area (Å²) < 4.78 is 8.65. The third-order valence-electron chi connectivity index (χ3n) is 11.5. The highest BCUT2D eigenvalue weighted by Gasteiger charge is 2.22. The van der Waals surface area contributed by atoms with Crippen LogP contribution in [-0.4, -0.2) is 19.5 Å². The van der Waals surface area contributed by atoms with Crippen LogP contribution in [0, 0.1) is 0 Å². The largest absolute Gasteiger partial charge is 0.456 e. The maximum absolute atomic E-state index is 6.30. The number of rotatable bonds is 5. The molecule has 0 radical (unpaired) electrons. The lowest BCUT2D eigenvalue weighted by Gasteiger charge is -2.11. The lowest BCUT2D eigenvalue weighted by atomic mass is 9.97. The van der Waals surface area contributed by atoms with E-state index in [4.69, 9.17) is 19.4 Å². The number of hydrogen-bond donors (Lipinski definition) is 0. The van der Waals surface area contributed by atoms with Gasteiger partial charge in [-0.05, 0) is 107 Å².